The molecule has 0 bridgehead atoms. The fraction of sp³-hybridized carbons (Fsp3) is 0.462. The fourth-order valence-electron chi connectivity index (χ4n) is 5.26. The van der Waals surface area contributed by atoms with Crippen LogP contribution in [0, 0.1) is 18.6 Å². The van der Waals surface area contributed by atoms with E-state index < -0.39 is 17.7 Å². The van der Waals surface area contributed by atoms with Crippen LogP contribution in [0.25, 0.3) is 16.8 Å². The molecule has 0 spiro atoms. The highest BCUT2D eigenvalue weighted by atomic mass is 35.5. The van der Waals surface area contributed by atoms with Gasteiger partial charge in [0.1, 0.15) is 47.0 Å². The van der Waals surface area contributed by atoms with Crippen LogP contribution in [0.15, 0.2) is 30.7 Å². The van der Waals surface area contributed by atoms with Crippen molar-refractivity contribution in [3.05, 3.63) is 58.8 Å². The summed E-state index contributed by atoms with van der Waals surface area (Å²) in [7, 11) is 1.41. The zero-order valence-corrected chi connectivity index (χ0v) is 22.3. The summed E-state index contributed by atoms with van der Waals surface area (Å²) in [5.41, 5.74) is 2.87. The molecular formula is C26H28ClF2N7O3. The number of fused-ring (bicyclic) bond motifs is 1. The Bertz CT molecular complexity index is 1480. The zero-order chi connectivity index (χ0) is 27.1. The highest BCUT2D eigenvalue weighted by molar-refractivity contribution is 6.34. The van der Waals surface area contributed by atoms with Crippen LogP contribution >= 0.6 is 11.6 Å². The molecule has 0 aromatic carbocycles. The standard InChI is InChI=1S/C26H28ClF2N7O3/c1-15-24(32-33-36(15)18-3-5-34(6-4-18)19-12-38-13-19)16-7-22(26-20(27)10-31-35(26)11-16)39-14-23(37-2)25-21(29)8-17(28)9-30-25/h7-11,18-19,23H,3-6,12-14H2,1-2H3/t23-/m1/s1. The maximum Gasteiger partial charge on any atom is 0.150 e. The summed E-state index contributed by atoms with van der Waals surface area (Å²) in [5.74, 6) is -1.18. The van der Waals surface area contributed by atoms with E-state index in [2.05, 4.69) is 25.3 Å². The number of nitrogens with zero attached hydrogens (tertiary/aromatic N) is 7. The molecule has 4 aromatic rings. The number of likely N-dealkylation sites (tertiary alicyclic amines) is 1. The minimum absolute atomic E-state index is 0.0552. The number of pyridine rings is 2. The second-order valence-corrected chi connectivity index (χ2v) is 10.3. The molecule has 0 saturated carbocycles. The monoisotopic (exact) mass is 559 g/mol. The Labute approximate surface area is 228 Å². The third-order valence-corrected chi connectivity index (χ3v) is 7.81. The van der Waals surface area contributed by atoms with E-state index in [1.807, 2.05) is 23.9 Å². The van der Waals surface area contributed by atoms with Crippen molar-refractivity contribution >= 4 is 17.1 Å². The molecule has 206 valence electrons. The van der Waals surface area contributed by atoms with Gasteiger partial charge in [-0.2, -0.15) is 5.10 Å². The molecule has 0 amide bonds. The first-order chi connectivity index (χ1) is 18.9. The number of methoxy groups -OCH3 is 1. The van der Waals surface area contributed by atoms with Gasteiger partial charge in [-0.15, -0.1) is 5.10 Å². The van der Waals surface area contributed by atoms with Crippen molar-refractivity contribution in [1.29, 1.82) is 0 Å². The molecule has 1 atom stereocenters. The summed E-state index contributed by atoms with van der Waals surface area (Å²) in [4.78, 5) is 6.34. The van der Waals surface area contributed by atoms with Gasteiger partial charge in [0.05, 0.1) is 48.4 Å². The summed E-state index contributed by atoms with van der Waals surface area (Å²) in [6.07, 6.45) is 5.39. The number of ether oxygens (including phenoxy) is 3. The number of piperidine rings is 1. The largest absolute Gasteiger partial charge is 0.488 e. The molecule has 13 heteroatoms. The quantitative estimate of drug-likeness (QED) is 0.320. The molecule has 2 saturated heterocycles. The molecule has 2 aliphatic heterocycles. The van der Waals surface area contributed by atoms with E-state index >= 15 is 0 Å². The van der Waals surface area contributed by atoms with E-state index in [4.69, 9.17) is 25.8 Å². The highest BCUT2D eigenvalue weighted by Gasteiger charge is 2.31. The summed E-state index contributed by atoms with van der Waals surface area (Å²) in [6, 6.07) is 3.38. The average molecular weight is 560 g/mol. The van der Waals surface area contributed by atoms with Gasteiger partial charge < -0.3 is 14.2 Å². The Kier molecular flexibility index (Phi) is 7.19. The molecule has 4 aromatic heterocycles. The molecule has 6 heterocycles. The normalized spacial score (nSPS) is 18.0. The third kappa shape index (κ3) is 4.97. The minimum Gasteiger partial charge on any atom is -0.488 e. The van der Waals surface area contributed by atoms with E-state index in [0.717, 1.165) is 62.7 Å². The first kappa shape index (κ1) is 26.1. The number of hydrogen-bond donors (Lipinski definition) is 0. The maximum absolute atomic E-state index is 14.3. The van der Waals surface area contributed by atoms with Gasteiger partial charge in [0.2, 0.25) is 0 Å². The molecule has 6 rings (SSSR count). The smallest absolute Gasteiger partial charge is 0.150 e. The van der Waals surface area contributed by atoms with Gasteiger partial charge in [-0.05, 0) is 25.8 Å². The van der Waals surface area contributed by atoms with Crippen molar-refractivity contribution in [2.45, 2.75) is 38.0 Å². The Morgan fingerprint density at radius 1 is 1.15 bits per heavy atom. The lowest BCUT2D eigenvalue weighted by Crippen LogP contribution is -2.52. The van der Waals surface area contributed by atoms with Crippen molar-refractivity contribution in [2.75, 3.05) is 40.0 Å². The van der Waals surface area contributed by atoms with E-state index in [-0.39, 0.29) is 18.3 Å². The van der Waals surface area contributed by atoms with Crippen LogP contribution in [0.4, 0.5) is 8.78 Å². The van der Waals surface area contributed by atoms with Gasteiger partial charge in [-0.3, -0.25) is 9.88 Å². The van der Waals surface area contributed by atoms with Crippen molar-refractivity contribution in [3.63, 3.8) is 0 Å². The second kappa shape index (κ2) is 10.8. The average Bonchev–Trinajstić information content (AvgIpc) is 3.47. The topological polar surface area (TPSA) is 91.8 Å². The lowest BCUT2D eigenvalue weighted by Gasteiger charge is -2.41. The molecule has 0 radical (unpaired) electrons. The Morgan fingerprint density at radius 3 is 2.64 bits per heavy atom. The molecule has 0 aliphatic carbocycles. The zero-order valence-electron chi connectivity index (χ0n) is 21.6. The van der Waals surface area contributed by atoms with Crippen molar-refractivity contribution in [3.8, 4) is 17.0 Å². The van der Waals surface area contributed by atoms with Crippen molar-refractivity contribution < 1.29 is 23.0 Å². The van der Waals surface area contributed by atoms with Crippen molar-refractivity contribution in [1.82, 2.24) is 34.5 Å². The third-order valence-electron chi connectivity index (χ3n) is 7.53. The predicted molar refractivity (Wildman–Crippen MR) is 138 cm³/mol. The molecule has 2 aliphatic rings. The Morgan fingerprint density at radius 2 is 1.95 bits per heavy atom. The summed E-state index contributed by atoms with van der Waals surface area (Å²) < 4.78 is 48.2. The number of rotatable bonds is 8. The molecular weight excluding hydrogens is 532 g/mol. The van der Waals surface area contributed by atoms with Crippen LogP contribution in [0.2, 0.25) is 5.02 Å². The van der Waals surface area contributed by atoms with E-state index in [0.29, 0.717) is 28.0 Å². The predicted octanol–water partition coefficient (Wildman–Crippen LogP) is 4.03. The highest BCUT2D eigenvalue weighted by Crippen LogP contribution is 2.35. The lowest BCUT2D eigenvalue weighted by molar-refractivity contribution is -0.0735. The maximum atomic E-state index is 14.3. The lowest BCUT2D eigenvalue weighted by atomic mass is 10.0. The van der Waals surface area contributed by atoms with E-state index in [1.165, 1.54) is 13.3 Å². The van der Waals surface area contributed by atoms with Gasteiger partial charge in [0.25, 0.3) is 0 Å². The minimum atomic E-state index is -0.879. The van der Waals surface area contributed by atoms with E-state index in [9.17, 15) is 8.78 Å². The number of aromatic nitrogens is 6. The molecule has 0 N–H and O–H groups in total. The first-order valence-electron chi connectivity index (χ1n) is 12.8. The van der Waals surface area contributed by atoms with Crippen molar-refractivity contribution in [2.24, 2.45) is 0 Å². The Balaban J connectivity index is 1.25. The van der Waals surface area contributed by atoms with Gasteiger partial charge in [-0.25, -0.2) is 18.0 Å². The van der Waals surface area contributed by atoms with Crippen LogP contribution in [0.5, 0.6) is 5.75 Å². The van der Waals surface area contributed by atoms with Crippen LogP contribution in [-0.2, 0) is 9.47 Å². The van der Waals surface area contributed by atoms with E-state index in [1.54, 1.807) is 4.52 Å². The molecule has 0 unspecified atom stereocenters. The number of halogens is 3. The number of hydrogen-bond acceptors (Lipinski definition) is 8. The van der Waals surface area contributed by atoms with Crippen LogP contribution in [-0.4, -0.2) is 80.6 Å². The summed E-state index contributed by atoms with van der Waals surface area (Å²) in [6.45, 7) is 5.57. The van der Waals surface area contributed by atoms with Gasteiger partial charge in [-0.1, -0.05) is 16.8 Å². The SMILES string of the molecule is CO[C@H](COc1cc(-c2nnn(C3CCN(C4COC4)CC3)c2C)cn2ncc(Cl)c12)c1ncc(F)cc1F. The molecule has 10 nitrogen and oxygen atoms in total. The Hall–Kier alpha value is -3.19. The van der Waals surface area contributed by atoms with Gasteiger partial charge in [0, 0.05) is 38.0 Å². The van der Waals surface area contributed by atoms with Crippen LogP contribution in [0.3, 0.4) is 0 Å². The first-order valence-corrected chi connectivity index (χ1v) is 13.2. The van der Waals surface area contributed by atoms with Gasteiger partial charge >= 0.3 is 0 Å². The summed E-state index contributed by atoms with van der Waals surface area (Å²) >= 11 is 6.42. The fourth-order valence-corrected chi connectivity index (χ4v) is 5.48. The van der Waals surface area contributed by atoms with Crippen LogP contribution < -0.4 is 4.74 Å². The van der Waals surface area contributed by atoms with Gasteiger partial charge in [0.15, 0.2) is 0 Å². The van der Waals surface area contributed by atoms with Crippen LogP contribution in [0.1, 0.15) is 36.4 Å². The molecule has 2 fully saturated rings. The summed E-state index contributed by atoms with van der Waals surface area (Å²) in [5, 5.41) is 13.7. The molecule has 39 heavy (non-hydrogen) atoms. The second-order valence-electron chi connectivity index (χ2n) is 9.86.